The van der Waals surface area contributed by atoms with Gasteiger partial charge in [0.1, 0.15) is 28.9 Å². The van der Waals surface area contributed by atoms with E-state index in [4.69, 9.17) is 27.9 Å². The van der Waals surface area contributed by atoms with E-state index in [1.165, 1.54) is 34.1 Å². The number of aromatic hydroxyl groups is 3. The van der Waals surface area contributed by atoms with Crippen LogP contribution in [0.25, 0.3) is 0 Å². The van der Waals surface area contributed by atoms with Crippen LogP contribution in [0.15, 0.2) is 36.4 Å². The number of benzene rings is 3. The zero-order chi connectivity index (χ0) is 39.2. The molecule has 2 atom stereocenters. The van der Waals surface area contributed by atoms with Crippen LogP contribution in [-0.4, -0.2) is 115 Å². The van der Waals surface area contributed by atoms with Crippen molar-refractivity contribution in [3.05, 3.63) is 80.3 Å². The second-order valence-corrected chi connectivity index (χ2v) is 13.5. The molecule has 3 aliphatic rings. The average Bonchev–Trinajstić information content (AvgIpc) is 3.53. The Hall–Kier alpha value is -5.53. The molecule has 284 valence electrons. The number of amides is 6. The number of hydrogen-bond acceptors (Lipinski definition) is 10. The van der Waals surface area contributed by atoms with Gasteiger partial charge >= 0.3 is 25.1 Å². The third-order valence-electron chi connectivity index (χ3n) is 9.45. The standard InChI is InChI=1S/C33H30BCl2F2N5O11/c35-19-3-2-16(44)12-17(19)30(48)41-7-5-15(6-8-41)42-9-10-43(33(42)52)32(51)40-25(18-13-21(38)26(45)27(46)24(18)36)29(47)39-22-11-14-1-4-20(37)23(31(49)50)28(14)54-34(22)53/h1-4,12-13,15,22,25,44-46,53H,5-11H2,(H,39,47)(H,40,51)(H,49,50)/t22-,25-/m0/s1. The molecule has 3 aromatic carbocycles. The fraction of sp³-hybridized carbons (Fsp3) is 0.303. The molecule has 6 rings (SSSR count). The first-order valence-electron chi connectivity index (χ1n) is 16.3. The fourth-order valence-electron chi connectivity index (χ4n) is 6.65. The summed E-state index contributed by atoms with van der Waals surface area (Å²) in [7, 11) is -1.94. The van der Waals surface area contributed by atoms with Gasteiger partial charge in [0.2, 0.25) is 5.91 Å². The van der Waals surface area contributed by atoms with Crippen molar-refractivity contribution in [2.45, 2.75) is 37.3 Å². The van der Waals surface area contributed by atoms with Gasteiger partial charge in [-0.05, 0) is 55.2 Å². The van der Waals surface area contributed by atoms with E-state index in [0.717, 1.165) is 11.0 Å². The van der Waals surface area contributed by atoms with E-state index in [-0.39, 0.29) is 60.5 Å². The van der Waals surface area contributed by atoms with E-state index in [9.17, 15) is 58.2 Å². The number of piperidine rings is 1. The summed E-state index contributed by atoms with van der Waals surface area (Å²) in [6.07, 6.45) is 0.383. The highest BCUT2D eigenvalue weighted by molar-refractivity contribution is 6.47. The van der Waals surface area contributed by atoms with Gasteiger partial charge in [-0.2, -0.15) is 0 Å². The van der Waals surface area contributed by atoms with E-state index in [2.05, 4.69) is 10.6 Å². The first-order chi connectivity index (χ1) is 25.6. The summed E-state index contributed by atoms with van der Waals surface area (Å²) in [4.78, 5) is 69.4. The molecular formula is C33H30BCl2F2N5O11. The van der Waals surface area contributed by atoms with E-state index in [1.54, 1.807) is 0 Å². The number of carbonyl (C=O) groups is 5. The Balaban J connectivity index is 1.17. The van der Waals surface area contributed by atoms with E-state index < -0.39 is 94.0 Å². The highest BCUT2D eigenvalue weighted by Gasteiger charge is 2.43. The number of phenols is 3. The number of halogens is 4. The number of carboxylic acid groups (broad SMARTS) is 1. The van der Waals surface area contributed by atoms with Gasteiger partial charge in [0.15, 0.2) is 17.3 Å². The van der Waals surface area contributed by atoms with Crippen LogP contribution in [-0.2, 0) is 11.2 Å². The number of nitrogens with one attached hydrogen (secondary N) is 2. The SMILES string of the molecule is O=C(O)c1c(F)ccc2c1OB(O)[C@@H](NC(=O)[C@@H](NC(=O)N1CCN(C3CCN(C(=O)c4cc(O)ccc4Cl)CC3)C1=O)c1cc(F)c(O)c(O)c1Cl)C2. The molecule has 0 aromatic heterocycles. The van der Waals surface area contributed by atoms with Crippen LogP contribution < -0.4 is 15.3 Å². The first kappa shape index (κ1) is 38.2. The van der Waals surface area contributed by atoms with Crippen LogP contribution in [0.3, 0.4) is 0 Å². The summed E-state index contributed by atoms with van der Waals surface area (Å²) in [5.41, 5.74) is -1.18. The molecule has 0 saturated carbocycles. The van der Waals surface area contributed by atoms with Crippen LogP contribution in [0, 0.1) is 11.6 Å². The lowest BCUT2D eigenvalue weighted by Crippen LogP contribution is -2.56. The number of carbonyl (C=O) groups excluding carboxylic acids is 4. The van der Waals surface area contributed by atoms with E-state index >= 15 is 0 Å². The Morgan fingerprint density at radius 3 is 2.33 bits per heavy atom. The van der Waals surface area contributed by atoms with Crippen LogP contribution in [0.5, 0.6) is 23.0 Å². The number of carboxylic acids is 1. The monoisotopic (exact) mass is 791 g/mol. The average molecular weight is 792 g/mol. The molecular weight excluding hydrogens is 762 g/mol. The number of phenolic OH excluding ortho intramolecular Hbond substituents is 3. The van der Waals surface area contributed by atoms with E-state index in [1.807, 2.05) is 0 Å². The van der Waals surface area contributed by atoms with Crippen LogP contribution in [0.4, 0.5) is 18.4 Å². The number of hydrogen-bond donors (Lipinski definition) is 7. The summed E-state index contributed by atoms with van der Waals surface area (Å²) in [5.74, 6) is -10.1. The molecule has 0 bridgehead atoms. The molecule has 3 heterocycles. The lowest BCUT2D eigenvalue weighted by Gasteiger charge is -2.36. The maximum absolute atomic E-state index is 14.7. The van der Waals surface area contributed by atoms with Gasteiger partial charge in [0.05, 0.1) is 21.5 Å². The highest BCUT2D eigenvalue weighted by atomic mass is 35.5. The second kappa shape index (κ2) is 15.1. The molecule has 0 spiro atoms. The predicted molar refractivity (Wildman–Crippen MR) is 184 cm³/mol. The maximum Gasteiger partial charge on any atom is 0.547 e. The van der Waals surface area contributed by atoms with Crippen molar-refractivity contribution in [1.82, 2.24) is 25.3 Å². The fourth-order valence-corrected chi connectivity index (χ4v) is 7.10. The quantitative estimate of drug-likeness (QED) is 0.136. The normalized spacial score (nSPS) is 17.9. The first-order valence-corrected chi connectivity index (χ1v) is 17.1. The molecule has 0 unspecified atom stereocenters. The minimum atomic E-state index is -1.97. The van der Waals surface area contributed by atoms with Gasteiger partial charge in [-0.1, -0.05) is 29.3 Å². The zero-order valence-electron chi connectivity index (χ0n) is 27.8. The summed E-state index contributed by atoms with van der Waals surface area (Å²) in [6, 6.07) is 2.39. The van der Waals surface area contributed by atoms with Gasteiger partial charge in [-0.25, -0.2) is 28.1 Å². The van der Waals surface area contributed by atoms with Crippen molar-refractivity contribution in [2.24, 2.45) is 0 Å². The highest BCUT2D eigenvalue weighted by Crippen LogP contribution is 2.41. The maximum atomic E-state index is 14.7. The largest absolute Gasteiger partial charge is 0.547 e. The number of fused-ring (bicyclic) bond motifs is 1. The van der Waals surface area contributed by atoms with Crippen LogP contribution >= 0.6 is 23.2 Å². The molecule has 3 aliphatic heterocycles. The Morgan fingerprint density at radius 2 is 1.65 bits per heavy atom. The minimum Gasteiger partial charge on any atom is -0.534 e. The summed E-state index contributed by atoms with van der Waals surface area (Å²) >= 11 is 12.3. The molecule has 0 radical (unpaired) electrons. The van der Waals surface area contributed by atoms with Crippen molar-refractivity contribution < 1.29 is 62.9 Å². The Morgan fingerprint density at radius 1 is 0.944 bits per heavy atom. The van der Waals surface area contributed by atoms with Crippen molar-refractivity contribution in [2.75, 3.05) is 26.2 Å². The van der Waals surface area contributed by atoms with Crippen molar-refractivity contribution in [1.29, 1.82) is 0 Å². The molecule has 0 aliphatic carbocycles. The van der Waals surface area contributed by atoms with Gasteiger partial charge in [0, 0.05) is 37.8 Å². The summed E-state index contributed by atoms with van der Waals surface area (Å²) in [6.45, 7) is 0.402. The smallest absolute Gasteiger partial charge is 0.534 e. The summed E-state index contributed by atoms with van der Waals surface area (Å²) < 4.78 is 34.2. The van der Waals surface area contributed by atoms with Gasteiger partial charge in [-0.3, -0.25) is 9.59 Å². The number of urea groups is 2. The number of aromatic carboxylic acids is 1. The second-order valence-electron chi connectivity index (χ2n) is 12.7. The van der Waals surface area contributed by atoms with Crippen molar-refractivity contribution in [3.8, 4) is 23.0 Å². The predicted octanol–water partition coefficient (Wildman–Crippen LogP) is 3.02. The molecule has 6 amide bonds. The number of nitrogens with zero attached hydrogens (tertiary/aromatic N) is 3. The molecule has 2 saturated heterocycles. The minimum absolute atomic E-state index is 0.0828. The van der Waals surface area contributed by atoms with Gasteiger partial charge < -0.3 is 50.5 Å². The molecule has 21 heteroatoms. The molecule has 7 N–H and O–H groups in total. The Labute approximate surface area is 314 Å². The zero-order valence-corrected chi connectivity index (χ0v) is 29.3. The van der Waals surface area contributed by atoms with E-state index in [0.29, 0.717) is 18.9 Å². The topological polar surface area (TPSA) is 230 Å². The number of imide groups is 1. The third-order valence-corrected chi connectivity index (χ3v) is 10.2. The lowest BCUT2D eigenvalue weighted by molar-refractivity contribution is -0.123. The molecule has 16 nitrogen and oxygen atoms in total. The molecule has 2 fully saturated rings. The van der Waals surface area contributed by atoms with Crippen molar-refractivity contribution >= 4 is 60.2 Å². The van der Waals surface area contributed by atoms with Gasteiger partial charge in [-0.15, -0.1) is 0 Å². The van der Waals surface area contributed by atoms with Crippen LogP contribution in [0.1, 0.15) is 50.7 Å². The Kier molecular flexibility index (Phi) is 10.7. The lowest BCUT2D eigenvalue weighted by atomic mass is 9.72. The third kappa shape index (κ3) is 7.21. The number of likely N-dealkylation sites (tertiary alicyclic amines) is 1. The Bertz CT molecular complexity index is 2070. The molecule has 3 aromatic rings. The van der Waals surface area contributed by atoms with Crippen molar-refractivity contribution in [3.63, 3.8) is 0 Å². The summed E-state index contributed by atoms with van der Waals surface area (Å²) in [5, 5.41) is 54.1. The van der Waals surface area contributed by atoms with Crippen LogP contribution in [0.2, 0.25) is 10.0 Å². The number of rotatable bonds is 7. The molecule has 54 heavy (non-hydrogen) atoms. The van der Waals surface area contributed by atoms with Gasteiger partial charge in [0.25, 0.3) is 5.91 Å².